The predicted molar refractivity (Wildman–Crippen MR) is 69.6 cm³/mol. The average molecular weight is 260 g/mol. The lowest BCUT2D eigenvalue weighted by Gasteiger charge is -2.15. The van der Waals surface area contributed by atoms with Crippen LogP contribution in [0.5, 0.6) is 0 Å². The molecule has 0 radical (unpaired) electrons. The predicted octanol–water partition coefficient (Wildman–Crippen LogP) is 0.447. The van der Waals surface area contributed by atoms with Crippen LogP contribution in [0.1, 0.15) is 22.0 Å². The summed E-state index contributed by atoms with van der Waals surface area (Å²) < 4.78 is 0. The van der Waals surface area contributed by atoms with Crippen molar-refractivity contribution >= 4 is 5.91 Å². The van der Waals surface area contributed by atoms with E-state index in [1.165, 1.54) is 0 Å². The molecule has 100 valence electrons. The third kappa shape index (κ3) is 3.62. The minimum atomic E-state index is -0.390. The van der Waals surface area contributed by atoms with Gasteiger partial charge in [-0.05, 0) is 18.9 Å². The van der Waals surface area contributed by atoms with E-state index in [2.05, 4.69) is 20.5 Å². The first kappa shape index (κ1) is 13.2. The highest BCUT2D eigenvalue weighted by Crippen LogP contribution is 2.03. The smallest absolute Gasteiger partial charge is 0.291 e. The van der Waals surface area contributed by atoms with Crippen LogP contribution >= 0.6 is 0 Å². The highest BCUT2D eigenvalue weighted by Gasteiger charge is 2.16. The summed E-state index contributed by atoms with van der Waals surface area (Å²) in [6, 6.07) is 9.31. The van der Waals surface area contributed by atoms with Crippen LogP contribution in [0.4, 0.5) is 0 Å². The molecule has 1 aromatic carbocycles. The lowest BCUT2D eigenvalue weighted by atomic mass is 10.1. The van der Waals surface area contributed by atoms with Crippen LogP contribution in [0.2, 0.25) is 0 Å². The van der Waals surface area contributed by atoms with Gasteiger partial charge in [0.15, 0.2) is 0 Å². The van der Waals surface area contributed by atoms with Gasteiger partial charge >= 0.3 is 0 Å². The molecule has 2 aromatic rings. The number of aryl methyl sites for hydroxylation is 1. The summed E-state index contributed by atoms with van der Waals surface area (Å²) >= 11 is 0. The van der Waals surface area contributed by atoms with Crippen molar-refractivity contribution in [3.05, 3.63) is 47.5 Å². The largest absolute Gasteiger partial charge is 0.394 e. The number of aromatic amines is 1. The zero-order valence-electron chi connectivity index (χ0n) is 10.6. The first-order valence-corrected chi connectivity index (χ1v) is 6.03. The van der Waals surface area contributed by atoms with Gasteiger partial charge in [0.05, 0.1) is 12.6 Å². The van der Waals surface area contributed by atoms with Crippen molar-refractivity contribution in [2.75, 3.05) is 6.61 Å². The molecule has 1 atom stereocenters. The molecule has 1 aromatic heterocycles. The number of amides is 1. The van der Waals surface area contributed by atoms with Crippen LogP contribution in [-0.4, -0.2) is 38.8 Å². The number of hydrogen-bond acceptors (Lipinski definition) is 4. The second-order valence-electron chi connectivity index (χ2n) is 4.29. The van der Waals surface area contributed by atoms with Crippen molar-refractivity contribution in [2.45, 2.75) is 19.4 Å². The number of aliphatic hydroxyl groups excluding tert-OH is 1. The Balaban J connectivity index is 1.97. The molecule has 0 bridgehead atoms. The van der Waals surface area contributed by atoms with E-state index in [4.69, 9.17) is 0 Å². The Bertz CT molecular complexity index is 539. The minimum absolute atomic E-state index is 0.0870. The molecule has 0 aliphatic carbocycles. The molecular formula is C13H16N4O2. The molecule has 3 N–H and O–H groups in total. The van der Waals surface area contributed by atoms with Gasteiger partial charge < -0.3 is 10.4 Å². The Morgan fingerprint density at radius 2 is 2.16 bits per heavy atom. The molecule has 1 unspecified atom stereocenters. The van der Waals surface area contributed by atoms with E-state index in [9.17, 15) is 9.90 Å². The van der Waals surface area contributed by atoms with Crippen molar-refractivity contribution in [3.8, 4) is 0 Å². The summed E-state index contributed by atoms with van der Waals surface area (Å²) in [6.07, 6.45) is 0.562. The van der Waals surface area contributed by atoms with Gasteiger partial charge in [-0.1, -0.05) is 30.3 Å². The first-order chi connectivity index (χ1) is 9.19. The quantitative estimate of drug-likeness (QED) is 0.727. The summed E-state index contributed by atoms with van der Waals surface area (Å²) in [7, 11) is 0. The van der Waals surface area contributed by atoms with E-state index >= 15 is 0 Å². The standard InChI is InChI=1S/C13H16N4O2/c1-9-14-12(17-16-9)13(19)15-11(8-18)7-10-5-3-2-4-6-10/h2-6,11,18H,7-8H2,1H3,(H,15,19)(H,14,16,17). The van der Waals surface area contributed by atoms with Gasteiger partial charge in [-0.3, -0.25) is 9.89 Å². The van der Waals surface area contributed by atoms with E-state index in [-0.39, 0.29) is 24.4 Å². The first-order valence-electron chi connectivity index (χ1n) is 6.03. The number of rotatable bonds is 5. The van der Waals surface area contributed by atoms with Crippen molar-refractivity contribution in [1.29, 1.82) is 0 Å². The summed E-state index contributed by atoms with van der Waals surface area (Å²) in [5.74, 6) is 0.275. The van der Waals surface area contributed by atoms with Crippen molar-refractivity contribution in [2.24, 2.45) is 0 Å². The van der Waals surface area contributed by atoms with E-state index in [0.717, 1.165) is 5.56 Å². The molecule has 0 aliphatic rings. The molecular weight excluding hydrogens is 244 g/mol. The third-order valence-corrected chi connectivity index (χ3v) is 2.68. The Morgan fingerprint density at radius 3 is 2.74 bits per heavy atom. The van der Waals surface area contributed by atoms with Crippen LogP contribution in [-0.2, 0) is 6.42 Å². The average Bonchev–Trinajstić information content (AvgIpc) is 2.86. The fourth-order valence-corrected chi connectivity index (χ4v) is 1.75. The molecule has 2 rings (SSSR count). The molecule has 6 nitrogen and oxygen atoms in total. The maximum Gasteiger partial charge on any atom is 0.291 e. The number of aromatic nitrogens is 3. The summed E-state index contributed by atoms with van der Waals surface area (Å²) in [6.45, 7) is 1.58. The molecule has 0 aliphatic heterocycles. The molecule has 0 saturated carbocycles. The second-order valence-corrected chi connectivity index (χ2v) is 4.29. The molecule has 0 fully saturated rings. The second kappa shape index (κ2) is 6.10. The van der Waals surface area contributed by atoms with Gasteiger partial charge in [0.25, 0.3) is 5.91 Å². The van der Waals surface area contributed by atoms with Crippen LogP contribution in [0.15, 0.2) is 30.3 Å². The summed E-state index contributed by atoms with van der Waals surface area (Å²) in [5, 5.41) is 18.4. The Labute approximate surface area is 110 Å². The Hall–Kier alpha value is -2.21. The molecule has 6 heteroatoms. The zero-order chi connectivity index (χ0) is 13.7. The van der Waals surface area contributed by atoms with Gasteiger partial charge in [-0.2, -0.15) is 0 Å². The maximum absolute atomic E-state index is 11.9. The fraction of sp³-hybridized carbons (Fsp3) is 0.308. The summed E-state index contributed by atoms with van der Waals surface area (Å²) in [4.78, 5) is 15.8. The van der Waals surface area contributed by atoms with Crippen LogP contribution in [0.25, 0.3) is 0 Å². The lowest BCUT2D eigenvalue weighted by molar-refractivity contribution is 0.0906. The molecule has 1 heterocycles. The topological polar surface area (TPSA) is 90.9 Å². The number of carbonyl (C=O) groups excluding carboxylic acids is 1. The number of nitrogens with one attached hydrogen (secondary N) is 2. The molecule has 19 heavy (non-hydrogen) atoms. The van der Waals surface area contributed by atoms with E-state index in [1.54, 1.807) is 6.92 Å². The van der Waals surface area contributed by atoms with E-state index in [1.807, 2.05) is 30.3 Å². The molecule has 0 saturated heterocycles. The summed E-state index contributed by atoms with van der Waals surface area (Å²) in [5.41, 5.74) is 1.05. The van der Waals surface area contributed by atoms with Crippen LogP contribution in [0, 0.1) is 6.92 Å². The SMILES string of the molecule is Cc1nc(C(=O)NC(CO)Cc2ccccc2)n[nH]1. The van der Waals surface area contributed by atoms with Crippen molar-refractivity contribution in [3.63, 3.8) is 0 Å². The Morgan fingerprint density at radius 1 is 1.42 bits per heavy atom. The number of nitrogens with zero attached hydrogens (tertiary/aromatic N) is 2. The zero-order valence-corrected chi connectivity index (χ0v) is 10.6. The van der Waals surface area contributed by atoms with Gasteiger partial charge in [0.1, 0.15) is 5.82 Å². The van der Waals surface area contributed by atoms with Crippen LogP contribution in [0.3, 0.4) is 0 Å². The number of aliphatic hydroxyl groups is 1. The fourth-order valence-electron chi connectivity index (χ4n) is 1.75. The number of hydrogen-bond donors (Lipinski definition) is 3. The van der Waals surface area contributed by atoms with Crippen LogP contribution < -0.4 is 5.32 Å². The normalized spacial score (nSPS) is 12.1. The molecule has 1 amide bonds. The monoisotopic (exact) mass is 260 g/mol. The van der Waals surface area contributed by atoms with Crippen molar-refractivity contribution < 1.29 is 9.90 Å². The van der Waals surface area contributed by atoms with E-state index in [0.29, 0.717) is 12.2 Å². The number of benzene rings is 1. The Kier molecular flexibility index (Phi) is 4.25. The highest BCUT2D eigenvalue weighted by atomic mass is 16.3. The van der Waals surface area contributed by atoms with Gasteiger partial charge in [-0.25, -0.2) is 4.98 Å². The third-order valence-electron chi connectivity index (χ3n) is 2.68. The number of H-pyrrole nitrogens is 1. The van der Waals surface area contributed by atoms with Gasteiger partial charge in [0.2, 0.25) is 5.82 Å². The maximum atomic E-state index is 11.9. The van der Waals surface area contributed by atoms with Gasteiger partial charge in [0, 0.05) is 0 Å². The van der Waals surface area contributed by atoms with Crippen molar-refractivity contribution in [1.82, 2.24) is 20.5 Å². The lowest BCUT2D eigenvalue weighted by Crippen LogP contribution is -2.39. The van der Waals surface area contributed by atoms with E-state index < -0.39 is 0 Å². The number of carbonyl (C=O) groups is 1. The minimum Gasteiger partial charge on any atom is -0.394 e. The van der Waals surface area contributed by atoms with Gasteiger partial charge in [-0.15, -0.1) is 5.10 Å². The molecule has 0 spiro atoms. The highest BCUT2D eigenvalue weighted by molar-refractivity contribution is 5.90.